The lowest BCUT2D eigenvalue weighted by Crippen LogP contribution is -2.55. The topological polar surface area (TPSA) is 80.7 Å². The van der Waals surface area contributed by atoms with Crippen LogP contribution in [0.1, 0.15) is 58.3 Å². The highest BCUT2D eigenvalue weighted by molar-refractivity contribution is 5.91. The van der Waals surface area contributed by atoms with E-state index in [1.807, 2.05) is 6.08 Å². The highest BCUT2D eigenvalue weighted by Crippen LogP contribution is 2.68. The van der Waals surface area contributed by atoms with Gasteiger partial charge in [0.05, 0.1) is 5.41 Å². The Morgan fingerprint density at radius 2 is 2.07 bits per heavy atom. The third kappa shape index (κ3) is 2.50. The van der Waals surface area contributed by atoms with E-state index in [4.69, 9.17) is 11.2 Å². The molecule has 4 rings (SSSR count). The second kappa shape index (κ2) is 6.76. The van der Waals surface area contributed by atoms with Gasteiger partial charge in [-0.2, -0.15) is 0 Å². The summed E-state index contributed by atoms with van der Waals surface area (Å²) in [4.78, 5) is 34.8. The molecule has 5 nitrogen and oxygen atoms in total. The molecule has 3 saturated carbocycles. The Bertz CT molecular complexity index is 776. The van der Waals surface area contributed by atoms with E-state index >= 15 is 0 Å². The van der Waals surface area contributed by atoms with Gasteiger partial charge in [-0.05, 0) is 80.1 Å². The molecule has 4 aliphatic carbocycles. The Labute approximate surface area is 165 Å². The summed E-state index contributed by atoms with van der Waals surface area (Å²) in [5, 5.41) is 9.76. The minimum atomic E-state index is -1.30. The van der Waals surface area contributed by atoms with Crippen molar-refractivity contribution in [2.45, 2.75) is 64.4 Å². The highest BCUT2D eigenvalue weighted by Gasteiger charge is 2.66. The Balaban J connectivity index is 1.68. The lowest BCUT2D eigenvalue weighted by Gasteiger charge is -2.56. The molecule has 0 bridgehead atoms. The molecule has 0 aromatic rings. The number of hydrogen-bond acceptors (Lipinski definition) is 4. The largest absolute Gasteiger partial charge is 0.478 e. The second-order valence-corrected chi connectivity index (χ2v) is 9.36. The van der Waals surface area contributed by atoms with Crippen LogP contribution in [-0.4, -0.2) is 29.4 Å². The van der Waals surface area contributed by atoms with Crippen molar-refractivity contribution in [3.8, 4) is 12.3 Å². The van der Waals surface area contributed by atoms with Gasteiger partial charge in [-0.3, -0.25) is 9.59 Å². The fraction of sp³-hybridized carbons (Fsp3) is 0.696. The molecule has 7 atom stereocenters. The number of carbonyl (C=O) groups excluding carboxylic acids is 2. The maximum atomic E-state index is 11.9. The molecule has 4 aliphatic rings. The van der Waals surface area contributed by atoms with Crippen molar-refractivity contribution in [1.82, 2.24) is 0 Å². The molecular formula is C23H28O5. The zero-order chi connectivity index (χ0) is 20.1. The number of carboxylic acid groups (broad SMARTS) is 1. The predicted molar refractivity (Wildman–Crippen MR) is 102 cm³/mol. The SMILES string of the molecule is C#C[C@@]1(C(OC=O)C(=O)O)CCC2C3CCC4=CC(=O)CCC4C3CC[C@@]21C. The molecule has 150 valence electrons. The normalized spacial score (nSPS) is 42.9. The van der Waals surface area contributed by atoms with Gasteiger partial charge in [-0.15, -0.1) is 6.42 Å². The maximum Gasteiger partial charge on any atom is 0.346 e. The van der Waals surface area contributed by atoms with Crippen molar-refractivity contribution in [2.75, 3.05) is 0 Å². The van der Waals surface area contributed by atoms with E-state index in [0.29, 0.717) is 36.5 Å². The van der Waals surface area contributed by atoms with Crippen LogP contribution >= 0.6 is 0 Å². The summed E-state index contributed by atoms with van der Waals surface area (Å²) in [5.74, 6) is 3.79. The van der Waals surface area contributed by atoms with Crippen molar-refractivity contribution in [2.24, 2.45) is 34.5 Å². The zero-order valence-electron chi connectivity index (χ0n) is 16.4. The van der Waals surface area contributed by atoms with Crippen LogP contribution in [0.3, 0.4) is 0 Å². The molecule has 5 heteroatoms. The predicted octanol–water partition coefficient (Wildman–Crippen LogP) is 3.37. The van der Waals surface area contributed by atoms with Crippen molar-refractivity contribution < 1.29 is 24.2 Å². The first kappa shape index (κ1) is 19.2. The summed E-state index contributed by atoms with van der Waals surface area (Å²) >= 11 is 0. The summed E-state index contributed by atoms with van der Waals surface area (Å²) in [6.45, 7) is 2.34. The monoisotopic (exact) mass is 384 g/mol. The van der Waals surface area contributed by atoms with Gasteiger partial charge in [-0.1, -0.05) is 18.4 Å². The zero-order valence-corrected chi connectivity index (χ0v) is 16.4. The smallest absolute Gasteiger partial charge is 0.346 e. The molecule has 0 heterocycles. The van der Waals surface area contributed by atoms with E-state index in [-0.39, 0.29) is 17.7 Å². The molecule has 0 amide bonds. The molecular weight excluding hydrogens is 356 g/mol. The van der Waals surface area contributed by atoms with E-state index in [1.165, 1.54) is 5.57 Å². The van der Waals surface area contributed by atoms with Crippen LogP contribution in [0.15, 0.2) is 11.6 Å². The summed E-state index contributed by atoms with van der Waals surface area (Å²) in [6, 6.07) is 0. The molecule has 0 aromatic heterocycles. The number of rotatable bonds is 4. The molecule has 3 fully saturated rings. The van der Waals surface area contributed by atoms with E-state index in [1.54, 1.807) is 0 Å². The minimum Gasteiger partial charge on any atom is -0.478 e. The van der Waals surface area contributed by atoms with E-state index in [9.17, 15) is 19.5 Å². The Hall–Kier alpha value is -2.09. The molecule has 0 saturated heterocycles. The van der Waals surface area contributed by atoms with Crippen LogP contribution in [0.2, 0.25) is 0 Å². The van der Waals surface area contributed by atoms with Crippen molar-refractivity contribution in [1.29, 1.82) is 0 Å². The Kier molecular flexibility index (Phi) is 4.64. The van der Waals surface area contributed by atoms with Gasteiger partial charge in [-0.25, -0.2) is 4.79 Å². The molecule has 5 unspecified atom stereocenters. The summed E-state index contributed by atoms with van der Waals surface area (Å²) in [6.07, 6.45) is 13.4. The number of terminal acetylenes is 1. The first-order valence-corrected chi connectivity index (χ1v) is 10.4. The fourth-order valence-electron chi connectivity index (χ4n) is 7.44. The van der Waals surface area contributed by atoms with Crippen molar-refractivity contribution in [3.05, 3.63) is 11.6 Å². The van der Waals surface area contributed by atoms with Crippen molar-refractivity contribution >= 4 is 18.2 Å². The summed E-state index contributed by atoms with van der Waals surface area (Å²) in [7, 11) is 0. The molecule has 0 radical (unpaired) electrons. The lowest BCUT2D eigenvalue weighted by molar-refractivity contribution is -0.172. The molecule has 0 spiro atoms. The average molecular weight is 384 g/mol. The number of ether oxygens (including phenoxy) is 1. The van der Waals surface area contributed by atoms with Crippen LogP contribution in [0.4, 0.5) is 0 Å². The molecule has 0 aromatic carbocycles. The van der Waals surface area contributed by atoms with Gasteiger partial charge in [0.1, 0.15) is 0 Å². The third-order valence-electron chi connectivity index (χ3n) is 8.68. The maximum absolute atomic E-state index is 11.9. The standard InChI is InChI=1S/C23H28O5/c1-3-23(20(21(26)27)28-13-24)11-9-19-18-6-4-14-12-15(25)5-7-16(14)17(18)8-10-22(19,23)2/h1,12-13,16-20H,4-11H2,2H3,(H,26,27)/t16?,17?,18?,19?,20?,22-,23-/m0/s1. The van der Waals surface area contributed by atoms with Crippen LogP contribution < -0.4 is 0 Å². The summed E-state index contributed by atoms with van der Waals surface area (Å²) < 4.78 is 5.06. The number of hydrogen-bond donors (Lipinski definition) is 1. The Morgan fingerprint density at radius 1 is 1.29 bits per heavy atom. The quantitative estimate of drug-likeness (QED) is 0.594. The van der Waals surface area contributed by atoms with Gasteiger partial charge < -0.3 is 9.84 Å². The number of allylic oxidation sites excluding steroid dienone is 1. The number of ketones is 1. The molecule has 28 heavy (non-hydrogen) atoms. The lowest BCUT2D eigenvalue weighted by atomic mass is 9.48. The van der Waals surface area contributed by atoms with Crippen LogP contribution in [0, 0.1) is 46.8 Å². The van der Waals surface area contributed by atoms with E-state index in [2.05, 4.69) is 12.8 Å². The highest BCUT2D eigenvalue weighted by atomic mass is 16.5. The van der Waals surface area contributed by atoms with Gasteiger partial charge in [0.2, 0.25) is 6.10 Å². The third-order valence-corrected chi connectivity index (χ3v) is 8.68. The van der Waals surface area contributed by atoms with Crippen LogP contribution in [0.5, 0.6) is 0 Å². The van der Waals surface area contributed by atoms with Gasteiger partial charge >= 0.3 is 5.97 Å². The van der Waals surface area contributed by atoms with Crippen LogP contribution in [-0.2, 0) is 19.1 Å². The first-order chi connectivity index (χ1) is 13.4. The van der Waals surface area contributed by atoms with E-state index < -0.39 is 17.5 Å². The summed E-state index contributed by atoms with van der Waals surface area (Å²) in [5.41, 5.74) is 0.00403. The fourth-order valence-corrected chi connectivity index (χ4v) is 7.44. The number of carbonyl (C=O) groups is 3. The van der Waals surface area contributed by atoms with E-state index in [0.717, 1.165) is 38.5 Å². The van der Waals surface area contributed by atoms with Gasteiger partial charge in [0, 0.05) is 6.42 Å². The number of carboxylic acids is 1. The molecule has 1 N–H and O–H groups in total. The minimum absolute atomic E-state index is 0.219. The van der Waals surface area contributed by atoms with Gasteiger partial charge in [0.25, 0.3) is 6.47 Å². The van der Waals surface area contributed by atoms with Crippen molar-refractivity contribution in [3.63, 3.8) is 0 Å². The molecule has 0 aliphatic heterocycles. The number of fused-ring (bicyclic) bond motifs is 5. The van der Waals surface area contributed by atoms with Crippen LogP contribution in [0.25, 0.3) is 0 Å². The number of aliphatic carboxylic acids is 1. The second-order valence-electron chi connectivity index (χ2n) is 9.36. The van der Waals surface area contributed by atoms with Gasteiger partial charge in [0.15, 0.2) is 5.78 Å². The Morgan fingerprint density at radius 3 is 2.75 bits per heavy atom. The first-order valence-electron chi connectivity index (χ1n) is 10.4. The average Bonchev–Trinajstić information content (AvgIpc) is 2.98.